The molecule has 0 amide bonds. The van der Waals surface area contributed by atoms with Crippen LogP contribution < -0.4 is 0 Å². The summed E-state index contributed by atoms with van der Waals surface area (Å²) >= 11 is 0. The summed E-state index contributed by atoms with van der Waals surface area (Å²) in [5, 5.41) is 20.2. The Labute approximate surface area is 257 Å². The number of allylic oxidation sites excluding steroid dienone is 14. The molecule has 0 bridgehead atoms. The van der Waals surface area contributed by atoms with Crippen molar-refractivity contribution in [1.82, 2.24) is 0 Å². The molecule has 0 radical (unpaired) electrons. The van der Waals surface area contributed by atoms with Crippen molar-refractivity contribution >= 4 is 0 Å². The lowest BCUT2D eigenvalue weighted by molar-refractivity contribution is 0.116. The first-order chi connectivity index (χ1) is 19.6. The highest BCUT2D eigenvalue weighted by molar-refractivity contribution is 5.46. The summed E-state index contributed by atoms with van der Waals surface area (Å²) in [4.78, 5) is 0. The van der Waals surface area contributed by atoms with E-state index in [-0.39, 0.29) is 23.0 Å². The minimum absolute atomic E-state index is 0.0764. The molecule has 0 spiro atoms. The fourth-order valence-corrected chi connectivity index (χ4v) is 6.00. The molecule has 2 rings (SSSR count). The van der Waals surface area contributed by atoms with Gasteiger partial charge in [-0.05, 0) is 91.2 Å². The molecule has 0 fully saturated rings. The van der Waals surface area contributed by atoms with E-state index in [0.717, 1.165) is 49.7 Å². The highest BCUT2D eigenvalue weighted by atomic mass is 16.3. The van der Waals surface area contributed by atoms with Gasteiger partial charge in [-0.15, -0.1) is 0 Å². The molecule has 0 saturated carbocycles. The predicted octanol–water partition coefficient (Wildman–Crippen LogP) is 9.67. The molecule has 0 saturated heterocycles. The summed E-state index contributed by atoms with van der Waals surface area (Å²) in [5.74, 6) is 13.4. The van der Waals surface area contributed by atoms with Gasteiger partial charge in [-0.3, -0.25) is 0 Å². The van der Waals surface area contributed by atoms with Gasteiger partial charge in [0.25, 0.3) is 0 Å². The summed E-state index contributed by atoms with van der Waals surface area (Å²) in [6, 6.07) is 0. The van der Waals surface area contributed by atoms with Crippen LogP contribution in [0.3, 0.4) is 0 Å². The van der Waals surface area contributed by atoms with Crippen molar-refractivity contribution in [3.8, 4) is 23.7 Å². The third-order valence-corrected chi connectivity index (χ3v) is 8.06. The van der Waals surface area contributed by atoms with Gasteiger partial charge in [0.15, 0.2) is 0 Å². The largest absolute Gasteiger partial charge is 0.393 e. The van der Waals surface area contributed by atoms with Crippen LogP contribution in [-0.2, 0) is 0 Å². The molecule has 2 aliphatic carbocycles. The zero-order valence-corrected chi connectivity index (χ0v) is 27.9. The molecule has 2 atom stereocenters. The second-order valence-corrected chi connectivity index (χ2v) is 13.6. The molecule has 226 valence electrons. The van der Waals surface area contributed by atoms with E-state index in [1.165, 1.54) is 33.4 Å². The fourth-order valence-electron chi connectivity index (χ4n) is 6.00. The number of hydrogen-bond donors (Lipinski definition) is 2. The van der Waals surface area contributed by atoms with E-state index in [2.05, 4.69) is 128 Å². The van der Waals surface area contributed by atoms with Gasteiger partial charge in [-0.1, -0.05) is 122 Å². The maximum absolute atomic E-state index is 10.1. The molecular weight excluding hydrogens is 512 g/mol. The Bertz CT molecular complexity index is 1250. The van der Waals surface area contributed by atoms with Crippen LogP contribution in [0.15, 0.2) is 93.2 Å². The quantitative estimate of drug-likeness (QED) is 0.183. The average Bonchev–Trinajstić information content (AvgIpc) is 2.84. The molecule has 0 heterocycles. The summed E-state index contributed by atoms with van der Waals surface area (Å²) in [6.45, 7) is 21.2. The molecule has 2 nitrogen and oxygen atoms in total. The SMILES string of the molecule is CC1=C(C#C/C(C)=C/C=C/C(C)=C/CC/C=C(C)/C=C/C=C(\C)C#CC2=C(C)C[C@@H](O)CC2(C)C)C(C)(C)C[C@H](O)C1. The Morgan fingerprint density at radius 3 is 1.38 bits per heavy atom. The van der Waals surface area contributed by atoms with Crippen LogP contribution in [-0.4, -0.2) is 22.4 Å². The molecule has 0 unspecified atom stereocenters. The van der Waals surface area contributed by atoms with E-state index in [9.17, 15) is 10.2 Å². The third kappa shape index (κ3) is 11.7. The first-order valence-corrected chi connectivity index (χ1v) is 15.4. The van der Waals surface area contributed by atoms with Gasteiger partial charge in [0, 0.05) is 22.0 Å². The van der Waals surface area contributed by atoms with E-state index in [0.29, 0.717) is 0 Å². The Morgan fingerprint density at radius 1 is 0.690 bits per heavy atom. The summed E-state index contributed by atoms with van der Waals surface area (Å²) in [6.07, 6.45) is 21.6. The number of unbranched alkanes of at least 4 members (excludes halogenated alkanes) is 1. The van der Waals surface area contributed by atoms with E-state index in [4.69, 9.17) is 0 Å². The molecule has 0 aromatic heterocycles. The van der Waals surface area contributed by atoms with Gasteiger partial charge >= 0.3 is 0 Å². The lowest BCUT2D eigenvalue weighted by Gasteiger charge is -2.34. The summed E-state index contributed by atoms with van der Waals surface area (Å²) in [5.41, 5.74) is 9.16. The minimum Gasteiger partial charge on any atom is -0.393 e. The maximum atomic E-state index is 10.1. The van der Waals surface area contributed by atoms with Crippen LogP contribution in [0.2, 0.25) is 0 Å². The van der Waals surface area contributed by atoms with Crippen LogP contribution >= 0.6 is 0 Å². The summed E-state index contributed by atoms with van der Waals surface area (Å²) < 4.78 is 0. The number of hydrogen-bond acceptors (Lipinski definition) is 2. The highest BCUT2D eigenvalue weighted by Crippen LogP contribution is 2.40. The van der Waals surface area contributed by atoms with E-state index in [1.54, 1.807) is 0 Å². The van der Waals surface area contributed by atoms with Crippen LogP contribution in [0.5, 0.6) is 0 Å². The molecule has 0 aromatic rings. The molecule has 0 aliphatic heterocycles. The van der Waals surface area contributed by atoms with E-state index in [1.807, 2.05) is 13.8 Å². The van der Waals surface area contributed by atoms with Crippen molar-refractivity contribution in [3.63, 3.8) is 0 Å². The predicted molar refractivity (Wildman–Crippen MR) is 182 cm³/mol. The van der Waals surface area contributed by atoms with Crippen molar-refractivity contribution in [2.24, 2.45) is 10.8 Å². The van der Waals surface area contributed by atoms with Gasteiger partial charge in [0.1, 0.15) is 0 Å². The number of aliphatic hydroxyl groups excluding tert-OH is 2. The van der Waals surface area contributed by atoms with Crippen molar-refractivity contribution in [3.05, 3.63) is 93.2 Å². The molecule has 2 N–H and O–H groups in total. The number of aliphatic hydroxyl groups is 2. The zero-order valence-electron chi connectivity index (χ0n) is 27.9. The molecular formula is C40H54O2. The van der Waals surface area contributed by atoms with Gasteiger partial charge in [0.05, 0.1) is 12.2 Å². The van der Waals surface area contributed by atoms with Gasteiger partial charge in [0.2, 0.25) is 0 Å². The van der Waals surface area contributed by atoms with Gasteiger partial charge in [-0.2, -0.15) is 0 Å². The first-order valence-electron chi connectivity index (χ1n) is 15.4. The minimum atomic E-state index is -0.257. The van der Waals surface area contributed by atoms with Gasteiger partial charge in [-0.25, -0.2) is 0 Å². The Balaban J connectivity index is 1.87. The van der Waals surface area contributed by atoms with Crippen molar-refractivity contribution < 1.29 is 10.2 Å². The standard InChI is InChI=1S/C40H54O2/c1-29(17-13-19-31(3)21-23-37-33(5)25-35(41)27-39(37,7)8)15-11-12-16-30(2)18-14-20-32(4)22-24-38-34(6)26-36(42)28-40(38,9)10/h13-20,35-36,41-42H,11-12,25-28H2,1-10H3/b17-13+,18-14+,29-15+,30-16+,31-19+,32-20+/t35-,36-/m1/s1. The first kappa shape index (κ1) is 35.2. The van der Waals surface area contributed by atoms with E-state index >= 15 is 0 Å². The molecule has 2 heteroatoms. The monoisotopic (exact) mass is 566 g/mol. The van der Waals surface area contributed by atoms with Crippen molar-refractivity contribution in [2.75, 3.05) is 0 Å². The number of rotatable bonds is 7. The topological polar surface area (TPSA) is 40.5 Å². The molecule has 42 heavy (non-hydrogen) atoms. The smallest absolute Gasteiger partial charge is 0.0586 e. The second kappa shape index (κ2) is 16.0. The fraction of sp³-hybridized carbons (Fsp3) is 0.500. The molecule has 0 aromatic carbocycles. The van der Waals surface area contributed by atoms with Gasteiger partial charge < -0.3 is 10.2 Å². The second-order valence-electron chi connectivity index (χ2n) is 13.6. The Morgan fingerprint density at radius 2 is 1.05 bits per heavy atom. The van der Waals surface area contributed by atoms with E-state index < -0.39 is 0 Å². The van der Waals surface area contributed by atoms with Crippen LogP contribution in [0.1, 0.15) is 108 Å². The van der Waals surface area contributed by atoms with Crippen LogP contribution in [0, 0.1) is 34.5 Å². The van der Waals surface area contributed by atoms with Crippen LogP contribution in [0.4, 0.5) is 0 Å². The van der Waals surface area contributed by atoms with Crippen molar-refractivity contribution in [1.29, 1.82) is 0 Å². The van der Waals surface area contributed by atoms with Crippen molar-refractivity contribution in [2.45, 2.75) is 120 Å². The Kier molecular flexibility index (Phi) is 13.4. The maximum Gasteiger partial charge on any atom is 0.0586 e. The normalized spacial score (nSPS) is 23.7. The average molecular weight is 567 g/mol. The van der Waals surface area contributed by atoms with Crippen LogP contribution in [0.25, 0.3) is 0 Å². The summed E-state index contributed by atoms with van der Waals surface area (Å²) in [7, 11) is 0. The molecule has 2 aliphatic rings. The lowest BCUT2D eigenvalue weighted by atomic mass is 9.72. The third-order valence-electron chi connectivity index (χ3n) is 8.06. The lowest BCUT2D eigenvalue weighted by Crippen LogP contribution is -2.28. The highest BCUT2D eigenvalue weighted by Gasteiger charge is 2.33. The Hall–Kier alpha value is -3.04. The zero-order chi connectivity index (χ0) is 31.5.